The lowest BCUT2D eigenvalue weighted by Crippen LogP contribution is -2.34. The fraction of sp³-hybridized carbons (Fsp3) is 1.00. The fourth-order valence-corrected chi connectivity index (χ4v) is 2.27. The molecule has 0 heterocycles. The predicted molar refractivity (Wildman–Crippen MR) is 75.3 cm³/mol. The van der Waals surface area contributed by atoms with Gasteiger partial charge in [0, 0.05) is 20.2 Å². The third-order valence-corrected chi connectivity index (χ3v) is 3.69. The Bertz CT molecular complexity index is 290. The molecule has 0 aliphatic rings. The van der Waals surface area contributed by atoms with Crippen LogP contribution >= 0.6 is 0 Å². The summed E-state index contributed by atoms with van der Waals surface area (Å²) < 4.78 is 29.6. The molecule has 0 aromatic heterocycles. The Hall–Kier alpha value is -0.170. The molecule has 0 bridgehead atoms. The van der Waals surface area contributed by atoms with Crippen LogP contribution in [0.5, 0.6) is 0 Å². The number of nitrogens with one attached hydrogen (secondary N) is 1. The topological polar surface area (TPSA) is 58.6 Å². The quantitative estimate of drug-likeness (QED) is 0.575. The van der Waals surface area contributed by atoms with Crippen molar-refractivity contribution < 1.29 is 13.2 Å². The van der Waals surface area contributed by atoms with Gasteiger partial charge >= 0.3 is 0 Å². The summed E-state index contributed by atoms with van der Waals surface area (Å²) in [5, 5.41) is 0. The second-order valence-corrected chi connectivity index (χ2v) is 6.37. The molecule has 6 heteroatoms. The normalized spacial score (nSPS) is 14.1. The van der Waals surface area contributed by atoms with Crippen LogP contribution in [-0.2, 0) is 14.8 Å². The van der Waals surface area contributed by atoms with E-state index in [0.29, 0.717) is 12.6 Å². The van der Waals surface area contributed by atoms with E-state index in [1.165, 1.54) is 6.26 Å². The van der Waals surface area contributed by atoms with Crippen LogP contribution in [0, 0.1) is 0 Å². The molecular formula is C12H28N2O3S. The third kappa shape index (κ3) is 9.82. The molecule has 0 rings (SSSR count). The highest BCUT2D eigenvalue weighted by Crippen LogP contribution is 2.02. The Morgan fingerprint density at radius 2 is 1.94 bits per heavy atom. The number of unbranched alkanes of at least 4 members (excludes halogenated alkanes) is 1. The lowest BCUT2D eigenvalue weighted by molar-refractivity contribution is 0.0624. The average Bonchev–Trinajstić information content (AvgIpc) is 2.31. The van der Waals surface area contributed by atoms with Gasteiger partial charge < -0.3 is 9.64 Å². The van der Waals surface area contributed by atoms with E-state index < -0.39 is 10.0 Å². The summed E-state index contributed by atoms with van der Waals surface area (Å²) in [6.45, 7) is 7.72. The van der Waals surface area contributed by atoms with Gasteiger partial charge in [-0.25, -0.2) is 13.1 Å². The van der Waals surface area contributed by atoms with Crippen LogP contribution in [0.15, 0.2) is 0 Å². The van der Waals surface area contributed by atoms with E-state index in [4.69, 9.17) is 4.74 Å². The number of likely N-dealkylation sites (N-methyl/N-ethyl adjacent to an activating group) is 1. The van der Waals surface area contributed by atoms with Crippen LogP contribution in [0.4, 0.5) is 0 Å². The van der Waals surface area contributed by atoms with E-state index in [1.807, 2.05) is 0 Å². The van der Waals surface area contributed by atoms with Crippen molar-refractivity contribution in [3.63, 3.8) is 0 Å². The van der Waals surface area contributed by atoms with Crippen molar-refractivity contribution in [2.45, 2.75) is 39.2 Å². The summed E-state index contributed by atoms with van der Waals surface area (Å²) in [5.74, 6) is 0. The molecular weight excluding hydrogens is 252 g/mol. The Balaban J connectivity index is 3.74. The van der Waals surface area contributed by atoms with Gasteiger partial charge in [-0.2, -0.15) is 0 Å². The van der Waals surface area contributed by atoms with Crippen molar-refractivity contribution in [2.75, 3.05) is 39.5 Å². The highest BCUT2D eigenvalue weighted by Gasteiger charge is 2.10. The monoisotopic (exact) mass is 280 g/mol. The van der Waals surface area contributed by atoms with Gasteiger partial charge in [0.05, 0.1) is 12.4 Å². The fourth-order valence-electron chi connectivity index (χ4n) is 1.75. The maximum Gasteiger partial charge on any atom is 0.208 e. The molecule has 0 amide bonds. The first kappa shape index (κ1) is 17.8. The molecule has 0 spiro atoms. The number of methoxy groups -OCH3 is 1. The van der Waals surface area contributed by atoms with Gasteiger partial charge in [-0.1, -0.05) is 13.8 Å². The summed E-state index contributed by atoms with van der Waals surface area (Å²) in [7, 11) is -1.29. The van der Waals surface area contributed by atoms with E-state index in [1.54, 1.807) is 7.11 Å². The molecule has 0 aliphatic heterocycles. The third-order valence-electron chi connectivity index (χ3n) is 2.96. The zero-order valence-corrected chi connectivity index (χ0v) is 12.9. The first-order valence-electron chi connectivity index (χ1n) is 6.62. The summed E-state index contributed by atoms with van der Waals surface area (Å²) >= 11 is 0. The van der Waals surface area contributed by atoms with Crippen molar-refractivity contribution in [3.8, 4) is 0 Å². The molecule has 0 saturated carbocycles. The summed E-state index contributed by atoms with van der Waals surface area (Å²) in [4.78, 5) is 2.35. The summed E-state index contributed by atoms with van der Waals surface area (Å²) in [5.41, 5.74) is 0. The highest BCUT2D eigenvalue weighted by molar-refractivity contribution is 7.88. The van der Waals surface area contributed by atoms with Gasteiger partial charge in [-0.05, 0) is 32.4 Å². The Morgan fingerprint density at radius 1 is 1.28 bits per heavy atom. The van der Waals surface area contributed by atoms with Crippen LogP contribution in [0.25, 0.3) is 0 Å². The van der Waals surface area contributed by atoms with E-state index in [0.717, 1.165) is 38.9 Å². The van der Waals surface area contributed by atoms with E-state index in [2.05, 4.69) is 23.5 Å². The summed E-state index contributed by atoms with van der Waals surface area (Å²) in [6, 6.07) is 0. The molecule has 18 heavy (non-hydrogen) atoms. The van der Waals surface area contributed by atoms with Crippen LogP contribution in [-0.4, -0.2) is 59.0 Å². The Labute approximate surface area is 112 Å². The molecule has 1 atom stereocenters. The molecule has 5 nitrogen and oxygen atoms in total. The Morgan fingerprint density at radius 3 is 2.39 bits per heavy atom. The SMILES string of the molecule is CCC(CN(CC)CCCCNS(C)(=O)=O)OC. The summed E-state index contributed by atoms with van der Waals surface area (Å²) in [6.07, 6.45) is 4.36. The van der Waals surface area contributed by atoms with Crippen LogP contribution in [0.3, 0.4) is 0 Å². The minimum atomic E-state index is -3.04. The van der Waals surface area contributed by atoms with Crippen LogP contribution < -0.4 is 4.72 Å². The molecule has 0 aliphatic carbocycles. The molecule has 0 radical (unpaired) electrons. The predicted octanol–water partition coefficient (Wildman–Crippen LogP) is 1.06. The number of sulfonamides is 1. The zero-order chi connectivity index (χ0) is 14.0. The lowest BCUT2D eigenvalue weighted by atomic mass is 10.2. The maximum atomic E-state index is 10.9. The smallest absolute Gasteiger partial charge is 0.208 e. The largest absolute Gasteiger partial charge is 0.380 e. The first-order valence-corrected chi connectivity index (χ1v) is 8.51. The average molecular weight is 280 g/mol. The minimum absolute atomic E-state index is 0.291. The number of rotatable bonds is 11. The van der Waals surface area contributed by atoms with Gasteiger partial charge in [0.25, 0.3) is 0 Å². The molecule has 0 fully saturated rings. The van der Waals surface area contributed by atoms with Gasteiger partial charge in [0.2, 0.25) is 10.0 Å². The van der Waals surface area contributed by atoms with Crippen molar-refractivity contribution in [2.24, 2.45) is 0 Å². The molecule has 0 aromatic carbocycles. The number of hydrogen-bond donors (Lipinski definition) is 1. The number of ether oxygens (including phenoxy) is 1. The molecule has 0 aromatic rings. The van der Waals surface area contributed by atoms with Gasteiger partial charge in [-0.15, -0.1) is 0 Å². The van der Waals surface area contributed by atoms with Crippen molar-refractivity contribution >= 4 is 10.0 Å². The lowest BCUT2D eigenvalue weighted by Gasteiger charge is -2.24. The van der Waals surface area contributed by atoms with E-state index in [-0.39, 0.29) is 0 Å². The minimum Gasteiger partial charge on any atom is -0.380 e. The van der Waals surface area contributed by atoms with Gasteiger partial charge in [0.1, 0.15) is 0 Å². The molecule has 110 valence electrons. The maximum absolute atomic E-state index is 10.9. The van der Waals surface area contributed by atoms with Crippen LogP contribution in [0.1, 0.15) is 33.1 Å². The number of hydrogen-bond acceptors (Lipinski definition) is 4. The second kappa shape index (κ2) is 9.72. The zero-order valence-electron chi connectivity index (χ0n) is 12.1. The van der Waals surface area contributed by atoms with Gasteiger partial charge in [-0.3, -0.25) is 0 Å². The van der Waals surface area contributed by atoms with E-state index in [9.17, 15) is 8.42 Å². The Kier molecular flexibility index (Phi) is 9.63. The second-order valence-electron chi connectivity index (χ2n) is 4.53. The molecule has 0 saturated heterocycles. The van der Waals surface area contributed by atoms with Crippen LogP contribution in [0.2, 0.25) is 0 Å². The van der Waals surface area contributed by atoms with E-state index >= 15 is 0 Å². The molecule has 1 N–H and O–H groups in total. The molecule has 1 unspecified atom stereocenters. The van der Waals surface area contributed by atoms with Gasteiger partial charge in [0.15, 0.2) is 0 Å². The number of nitrogens with zero attached hydrogens (tertiary/aromatic N) is 1. The first-order chi connectivity index (χ1) is 8.42. The highest BCUT2D eigenvalue weighted by atomic mass is 32.2. The van der Waals surface area contributed by atoms with Crippen molar-refractivity contribution in [3.05, 3.63) is 0 Å². The van der Waals surface area contributed by atoms with Crippen molar-refractivity contribution in [1.29, 1.82) is 0 Å². The van der Waals surface area contributed by atoms with Crippen molar-refractivity contribution in [1.82, 2.24) is 9.62 Å². The standard InChI is InChI=1S/C12H28N2O3S/c1-5-12(17-3)11-14(6-2)10-8-7-9-13-18(4,15)16/h12-13H,5-11H2,1-4H3.